The second-order valence-corrected chi connectivity index (χ2v) is 6.17. The van der Waals surface area contributed by atoms with Crippen LogP contribution in [0.25, 0.3) is 16.9 Å². The Kier molecular flexibility index (Phi) is 4.92. The Morgan fingerprint density at radius 3 is 2.61 bits per heavy atom. The van der Waals surface area contributed by atoms with Gasteiger partial charge in [-0.15, -0.1) is 0 Å². The summed E-state index contributed by atoms with van der Waals surface area (Å²) < 4.78 is 7.00. The maximum absolute atomic E-state index is 5.20. The first-order valence-corrected chi connectivity index (χ1v) is 8.71. The van der Waals surface area contributed by atoms with E-state index in [-0.39, 0.29) is 0 Å². The normalized spacial score (nSPS) is 10.6. The van der Waals surface area contributed by atoms with Crippen molar-refractivity contribution in [3.63, 3.8) is 0 Å². The van der Waals surface area contributed by atoms with Crippen molar-refractivity contribution in [3.8, 4) is 22.7 Å². The molecule has 8 heteroatoms. The third-order valence-electron chi connectivity index (χ3n) is 4.22. The highest BCUT2D eigenvalue weighted by molar-refractivity contribution is 5.59. The zero-order valence-corrected chi connectivity index (χ0v) is 15.6. The molecule has 28 heavy (non-hydrogen) atoms. The second kappa shape index (κ2) is 7.83. The molecular formula is C20H19N7O. The lowest BCUT2D eigenvalue weighted by Crippen LogP contribution is -2.20. The highest BCUT2D eigenvalue weighted by atomic mass is 16.5. The predicted octanol–water partition coefficient (Wildman–Crippen LogP) is 2.76. The van der Waals surface area contributed by atoms with Gasteiger partial charge < -0.3 is 9.64 Å². The van der Waals surface area contributed by atoms with Crippen molar-refractivity contribution in [3.05, 3.63) is 73.2 Å². The monoisotopic (exact) mass is 373 g/mol. The van der Waals surface area contributed by atoms with Crippen LogP contribution in [0.2, 0.25) is 0 Å². The van der Waals surface area contributed by atoms with Gasteiger partial charge in [-0.05, 0) is 30.3 Å². The lowest BCUT2D eigenvalue weighted by molar-refractivity contribution is 0.414. The van der Waals surface area contributed by atoms with Gasteiger partial charge in [-0.3, -0.25) is 9.97 Å². The molecule has 0 atom stereocenters. The Bertz CT molecular complexity index is 1050. The van der Waals surface area contributed by atoms with Crippen molar-refractivity contribution in [1.29, 1.82) is 0 Å². The Morgan fingerprint density at radius 1 is 1.00 bits per heavy atom. The van der Waals surface area contributed by atoms with E-state index < -0.39 is 0 Å². The van der Waals surface area contributed by atoms with Crippen LogP contribution in [0, 0.1) is 0 Å². The molecule has 0 aliphatic carbocycles. The first kappa shape index (κ1) is 17.6. The van der Waals surface area contributed by atoms with E-state index >= 15 is 0 Å². The number of ether oxygens (including phenoxy) is 1. The van der Waals surface area contributed by atoms with Gasteiger partial charge in [0, 0.05) is 37.4 Å². The molecule has 0 unspecified atom stereocenters. The van der Waals surface area contributed by atoms with E-state index in [4.69, 9.17) is 4.74 Å². The average molecular weight is 373 g/mol. The van der Waals surface area contributed by atoms with Crippen LogP contribution < -0.4 is 9.64 Å². The molecular weight excluding hydrogens is 354 g/mol. The zero-order valence-electron chi connectivity index (χ0n) is 15.6. The first-order chi connectivity index (χ1) is 13.7. The molecule has 3 heterocycles. The number of anilines is 1. The van der Waals surface area contributed by atoms with Crippen LogP contribution in [-0.2, 0) is 6.54 Å². The smallest absolute Gasteiger partial charge is 0.225 e. The van der Waals surface area contributed by atoms with Crippen molar-refractivity contribution in [2.24, 2.45) is 0 Å². The molecule has 4 rings (SSSR count). The topological polar surface area (TPSA) is 81.9 Å². The number of benzene rings is 1. The molecule has 1 aromatic carbocycles. The Labute approximate surface area is 162 Å². The number of rotatable bonds is 6. The molecule has 0 radical (unpaired) electrons. The van der Waals surface area contributed by atoms with E-state index in [2.05, 4.69) is 25.0 Å². The summed E-state index contributed by atoms with van der Waals surface area (Å²) in [5, 5.41) is 4.44. The van der Waals surface area contributed by atoms with Gasteiger partial charge in [-0.1, -0.05) is 0 Å². The fraction of sp³-hybridized carbons (Fsp3) is 0.150. The predicted molar refractivity (Wildman–Crippen MR) is 105 cm³/mol. The highest BCUT2D eigenvalue weighted by Crippen LogP contribution is 2.21. The molecule has 8 nitrogen and oxygen atoms in total. The van der Waals surface area contributed by atoms with Crippen molar-refractivity contribution >= 4 is 5.95 Å². The average Bonchev–Trinajstić information content (AvgIpc) is 3.25. The molecule has 0 N–H and O–H groups in total. The van der Waals surface area contributed by atoms with Crippen LogP contribution in [0.3, 0.4) is 0 Å². The van der Waals surface area contributed by atoms with E-state index in [0.717, 1.165) is 28.4 Å². The summed E-state index contributed by atoms with van der Waals surface area (Å²) in [5.41, 5.74) is 3.51. The van der Waals surface area contributed by atoms with Crippen LogP contribution in [0.15, 0.2) is 67.5 Å². The first-order valence-electron chi connectivity index (χ1n) is 8.71. The molecule has 0 spiro atoms. The largest absolute Gasteiger partial charge is 0.497 e. The molecule has 0 amide bonds. The van der Waals surface area contributed by atoms with Gasteiger partial charge in [0.15, 0.2) is 0 Å². The SMILES string of the molecule is COc1ccc(-n2cc(-c3ccnc(N(C)Cc4cnccn4)n3)cn2)cc1. The number of hydrogen-bond acceptors (Lipinski definition) is 7. The van der Waals surface area contributed by atoms with Gasteiger partial charge in [-0.2, -0.15) is 5.10 Å². The molecule has 140 valence electrons. The second-order valence-electron chi connectivity index (χ2n) is 6.17. The van der Waals surface area contributed by atoms with Crippen molar-refractivity contribution in [2.45, 2.75) is 6.54 Å². The minimum absolute atomic E-state index is 0.572. The van der Waals surface area contributed by atoms with Gasteiger partial charge in [0.2, 0.25) is 5.95 Å². The lowest BCUT2D eigenvalue weighted by Gasteiger charge is -2.16. The van der Waals surface area contributed by atoms with Crippen molar-refractivity contribution in [2.75, 3.05) is 19.1 Å². The third-order valence-corrected chi connectivity index (χ3v) is 4.22. The van der Waals surface area contributed by atoms with Crippen LogP contribution in [0.1, 0.15) is 5.69 Å². The summed E-state index contributed by atoms with van der Waals surface area (Å²) in [6, 6.07) is 9.59. The van der Waals surface area contributed by atoms with E-state index in [1.165, 1.54) is 0 Å². The summed E-state index contributed by atoms with van der Waals surface area (Å²) in [5.74, 6) is 1.42. The number of methoxy groups -OCH3 is 1. The minimum Gasteiger partial charge on any atom is -0.497 e. The molecule has 3 aromatic heterocycles. The molecule has 0 fully saturated rings. The van der Waals surface area contributed by atoms with Crippen LogP contribution >= 0.6 is 0 Å². The van der Waals surface area contributed by atoms with Gasteiger partial charge in [-0.25, -0.2) is 14.6 Å². The molecule has 0 bridgehead atoms. The zero-order chi connectivity index (χ0) is 19.3. The number of aromatic nitrogens is 6. The number of nitrogens with zero attached hydrogens (tertiary/aromatic N) is 7. The summed E-state index contributed by atoms with van der Waals surface area (Å²) >= 11 is 0. The molecule has 4 aromatic rings. The fourth-order valence-electron chi connectivity index (χ4n) is 2.75. The molecule has 0 aliphatic heterocycles. The standard InChI is InChI=1S/C20H19N7O/c1-26(14-16-12-21-9-10-22-16)20-23-8-7-19(25-20)15-11-24-27(13-15)17-3-5-18(28-2)6-4-17/h3-13H,14H2,1-2H3. The summed E-state index contributed by atoms with van der Waals surface area (Å²) in [6.45, 7) is 0.572. The summed E-state index contributed by atoms with van der Waals surface area (Å²) in [4.78, 5) is 19.4. The maximum atomic E-state index is 5.20. The van der Waals surface area contributed by atoms with Gasteiger partial charge in [0.05, 0.1) is 43.1 Å². The number of hydrogen-bond donors (Lipinski definition) is 0. The van der Waals surface area contributed by atoms with E-state index in [9.17, 15) is 0 Å². The fourth-order valence-corrected chi connectivity index (χ4v) is 2.75. The third kappa shape index (κ3) is 3.80. The van der Waals surface area contributed by atoms with Crippen LogP contribution in [0.4, 0.5) is 5.95 Å². The van der Waals surface area contributed by atoms with E-state index in [1.54, 1.807) is 42.8 Å². The van der Waals surface area contributed by atoms with E-state index in [1.807, 2.05) is 48.5 Å². The lowest BCUT2D eigenvalue weighted by atomic mass is 10.2. The van der Waals surface area contributed by atoms with Gasteiger partial charge in [0.1, 0.15) is 5.75 Å². The summed E-state index contributed by atoms with van der Waals surface area (Å²) in [7, 11) is 3.57. The van der Waals surface area contributed by atoms with Crippen molar-refractivity contribution < 1.29 is 4.74 Å². The van der Waals surface area contributed by atoms with E-state index in [0.29, 0.717) is 12.5 Å². The minimum atomic E-state index is 0.572. The summed E-state index contributed by atoms with van der Waals surface area (Å²) in [6.07, 6.45) is 10.5. The Balaban J connectivity index is 1.55. The molecule has 0 saturated carbocycles. The van der Waals surface area contributed by atoms with Gasteiger partial charge in [0.25, 0.3) is 0 Å². The van der Waals surface area contributed by atoms with Crippen LogP contribution in [-0.4, -0.2) is 43.9 Å². The quantitative estimate of drug-likeness (QED) is 0.514. The molecule has 0 saturated heterocycles. The Hall–Kier alpha value is -3.81. The molecule has 0 aliphatic rings. The van der Waals surface area contributed by atoms with Gasteiger partial charge >= 0.3 is 0 Å². The van der Waals surface area contributed by atoms with Crippen LogP contribution in [0.5, 0.6) is 5.75 Å². The van der Waals surface area contributed by atoms with Crippen molar-refractivity contribution in [1.82, 2.24) is 29.7 Å². The maximum Gasteiger partial charge on any atom is 0.225 e. The highest BCUT2D eigenvalue weighted by Gasteiger charge is 2.10. The Morgan fingerprint density at radius 2 is 1.86 bits per heavy atom.